The van der Waals surface area contributed by atoms with Gasteiger partial charge in [0.2, 0.25) is 0 Å². The molecule has 0 spiro atoms. The molecule has 0 heterocycles. The van der Waals surface area contributed by atoms with E-state index in [4.69, 9.17) is 11.6 Å². The SMILES string of the molecule is N#CC1(c2cc(NS(=O)(=O)c3cc(Br)cc(Cl)c3O)c(O)c(C(=O)O)c2)CCC1. The quantitative estimate of drug-likeness (QED) is 0.453. The zero-order valence-electron chi connectivity index (χ0n) is 14.6. The number of nitriles is 1. The first kappa shape index (κ1) is 21.2. The minimum Gasteiger partial charge on any atom is -0.505 e. The number of phenolic OH excluding ortho intramolecular Hbond substituents is 1. The maximum Gasteiger partial charge on any atom is 0.339 e. The Morgan fingerprint density at radius 1 is 1.21 bits per heavy atom. The van der Waals surface area contributed by atoms with Gasteiger partial charge in [0.05, 0.1) is 22.2 Å². The van der Waals surface area contributed by atoms with Crippen molar-refractivity contribution in [1.82, 2.24) is 0 Å². The Balaban J connectivity index is 2.15. The van der Waals surface area contributed by atoms with Gasteiger partial charge in [-0.25, -0.2) is 13.2 Å². The van der Waals surface area contributed by atoms with Crippen LogP contribution in [0.3, 0.4) is 0 Å². The Morgan fingerprint density at radius 2 is 1.86 bits per heavy atom. The average Bonchev–Trinajstić information content (AvgIpc) is 2.59. The fraction of sp³-hybridized carbons (Fsp3) is 0.222. The van der Waals surface area contributed by atoms with E-state index in [0.29, 0.717) is 12.8 Å². The summed E-state index contributed by atoms with van der Waals surface area (Å²) >= 11 is 8.90. The second-order valence-electron chi connectivity index (χ2n) is 6.61. The lowest BCUT2D eigenvalue weighted by molar-refractivity contribution is 0.0693. The van der Waals surface area contributed by atoms with Crippen LogP contribution in [0.2, 0.25) is 5.02 Å². The molecule has 0 saturated heterocycles. The van der Waals surface area contributed by atoms with Crippen LogP contribution in [0.15, 0.2) is 33.6 Å². The molecule has 11 heteroatoms. The standard InChI is InChI=1S/C18H14BrClN2O6S/c19-10-6-12(20)16(24)14(7-10)29(27,28)22-13-5-9(18(8-21)2-1-3-18)4-11(15(13)23)17(25)26/h4-7,22-24H,1-3H2,(H,25,26). The topological polar surface area (TPSA) is 148 Å². The molecule has 4 N–H and O–H groups in total. The number of carbonyl (C=O) groups is 1. The lowest BCUT2D eigenvalue weighted by atomic mass is 9.65. The highest BCUT2D eigenvalue weighted by Crippen LogP contribution is 2.46. The van der Waals surface area contributed by atoms with Gasteiger partial charge in [-0.1, -0.05) is 27.5 Å². The molecule has 3 rings (SSSR count). The van der Waals surface area contributed by atoms with Gasteiger partial charge in [-0.05, 0) is 49.1 Å². The van der Waals surface area contributed by atoms with Crippen LogP contribution in [0.1, 0.15) is 35.2 Å². The summed E-state index contributed by atoms with van der Waals surface area (Å²) in [6.45, 7) is 0. The van der Waals surface area contributed by atoms with Gasteiger partial charge in [0.15, 0.2) is 11.5 Å². The van der Waals surface area contributed by atoms with Gasteiger partial charge in [0.25, 0.3) is 10.0 Å². The molecule has 2 aromatic rings. The van der Waals surface area contributed by atoms with Gasteiger partial charge in [0.1, 0.15) is 10.5 Å². The molecule has 0 radical (unpaired) electrons. The van der Waals surface area contributed by atoms with E-state index < -0.39 is 49.1 Å². The molecular weight excluding hydrogens is 488 g/mol. The normalized spacial score (nSPS) is 15.2. The molecule has 1 aliphatic carbocycles. The number of aromatic hydroxyl groups is 2. The summed E-state index contributed by atoms with van der Waals surface area (Å²) in [5.74, 6) is -2.99. The van der Waals surface area contributed by atoms with Gasteiger partial charge in [-0.15, -0.1) is 0 Å². The van der Waals surface area contributed by atoms with E-state index in [-0.39, 0.29) is 15.1 Å². The number of aromatic carboxylic acids is 1. The fourth-order valence-corrected chi connectivity index (χ4v) is 5.31. The molecule has 0 aliphatic heterocycles. The maximum atomic E-state index is 12.8. The minimum atomic E-state index is -4.46. The summed E-state index contributed by atoms with van der Waals surface area (Å²) in [5, 5.41) is 39.1. The highest BCUT2D eigenvalue weighted by Gasteiger charge is 2.40. The van der Waals surface area contributed by atoms with E-state index >= 15 is 0 Å². The van der Waals surface area contributed by atoms with Crippen molar-refractivity contribution in [2.75, 3.05) is 4.72 Å². The van der Waals surface area contributed by atoms with Crippen molar-refractivity contribution in [2.45, 2.75) is 29.6 Å². The summed E-state index contributed by atoms with van der Waals surface area (Å²) in [6, 6.07) is 6.95. The molecule has 29 heavy (non-hydrogen) atoms. The van der Waals surface area contributed by atoms with Crippen LogP contribution in [-0.4, -0.2) is 29.7 Å². The number of halogens is 2. The fourth-order valence-electron chi connectivity index (χ4n) is 3.09. The number of hydrogen-bond donors (Lipinski definition) is 4. The first-order valence-electron chi connectivity index (χ1n) is 8.23. The number of rotatable bonds is 5. The molecule has 152 valence electrons. The number of nitrogens with one attached hydrogen (secondary N) is 1. The van der Waals surface area contributed by atoms with Gasteiger partial charge in [0, 0.05) is 4.47 Å². The number of benzene rings is 2. The van der Waals surface area contributed by atoms with Gasteiger partial charge in [-0.2, -0.15) is 5.26 Å². The van der Waals surface area contributed by atoms with Crippen molar-refractivity contribution >= 4 is 49.2 Å². The third-order valence-electron chi connectivity index (χ3n) is 4.84. The molecule has 0 bridgehead atoms. The predicted octanol–water partition coefficient (Wildman–Crippen LogP) is 3.96. The number of phenols is 2. The van der Waals surface area contributed by atoms with E-state index in [9.17, 15) is 33.8 Å². The Morgan fingerprint density at radius 3 is 2.38 bits per heavy atom. The average molecular weight is 502 g/mol. The second kappa shape index (κ2) is 7.40. The van der Waals surface area contributed by atoms with Gasteiger partial charge < -0.3 is 15.3 Å². The van der Waals surface area contributed by atoms with Crippen LogP contribution in [-0.2, 0) is 15.4 Å². The summed E-state index contributed by atoms with van der Waals surface area (Å²) in [4.78, 5) is 11.0. The van der Waals surface area contributed by atoms with Crippen LogP contribution in [0.25, 0.3) is 0 Å². The number of nitrogens with zero attached hydrogens (tertiary/aromatic N) is 1. The lowest BCUT2D eigenvalue weighted by Gasteiger charge is -2.36. The molecular formula is C18H14BrClN2O6S. The highest BCUT2D eigenvalue weighted by molar-refractivity contribution is 9.10. The summed E-state index contributed by atoms with van der Waals surface area (Å²) in [6.07, 6.45) is 1.74. The third-order valence-corrected chi connectivity index (χ3v) is 6.97. The van der Waals surface area contributed by atoms with E-state index in [1.165, 1.54) is 18.2 Å². The Kier molecular flexibility index (Phi) is 5.42. The molecule has 0 amide bonds. The number of hydrogen-bond acceptors (Lipinski definition) is 6. The number of anilines is 1. The second-order valence-corrected chi connectivity index (χ2v) is 9.59. The van der Waals surface area contributed by atoms with Crippen molar-refractivity contribution < 1.29 is 28.5 Å². The summed E-state index contributed by atoms with van der Waals surface area (Å²) < 4.78 is 28.0. The maximum absolute atomic E-state index is 12.8. The van der Waals surface area contributed by atoms with Crippen LogP contribution in [0, 0.1) is 11.3 Å². The van der Waals surface area contributed by atoms with Gasteiger partial charge >= 0.3 is 5.97 Å². The molecule has 8 nitrogen and oxygen atoms in total. The van der Waals surface area contributed by atoms with Crippen molar-refractivity contribution in [3.63, 3.8) is 0 Å². The summed E-state index contributed by atoms with van der Waals surface area (Å²) in [7, 11) is -4.46. The Bertz CT molecular complexity index is 1170. The van der Waals surface area contributed by atoms with Crippen molar-refractivity contribution in [2.24, 2.45) is 0 Å². The van der Waals surface area contributed by atoms with Crippen LogP contribution < -0.4 is 4.72 Å². The molecule has 0 aromatic heterocycles. The van der Waals surface area contributed by atoms with E-state index in [1.807, 2.05) is 0 Å². The first-order chi connectivity index (χ1) is 13.5. The largest absolute Gasteiger partial charge is 0.505 e. The number of sulfonamides is 1. The lowest BCUT2D eigenvalue weighted by Crippen LogP contribution is -2.32. The van der Waals surface area contributed by atoms with E-state index in [2.05, 4.69) is 26.7 Å². The molecule has 2 aromatic carbocycles. The molecule has 1 fully saturated rings. The number of carboxylic acids is 1. The zero-order valence-corrected chi connectivity index (χ0v) is 17.8. The minimum absolute atomic E-state index is 0.221. The monoisotopic (exact) mass is 500 g/mol. The van der Waals surface area contributed by atoms with Crippen molar-refractivity contribution in [3.05, 3.63) is 44.9 Å². The number of carboxylic acid groups (broad SMARTS) is 1. The molecule has 0 atom stereocenters. The summed E-state index contributed by atoms with van der Waals surface area (Å²) in [5.41, 5.74) is -1.62. The van der Waals surface area contributed by atoms with Crippen LogP contribution in [0.4, 0.5) is 5.69 Å². The Hall–Kier alpha value is -2.48. The Labute approximate surface area is 179 Å². The van der Waals surface area contributed by atoms with E-state index in [1.54, 1.807) is 0 Å². The first-order valence-corrected chi connectivity index (χ1v) is 10.9. The predicted molar refractivity (Wildman–Crippen MR) is 108 cm³/mol. The smallest absolute Gasteiger partial charge is 0.339 e. The van der Waals surface area contributed by atoms with Gasteiger partial charge in [-0.3, -0.25) is 4.72 Å². The van der Waals surface area contributed by atoms with Crippen LogP contribution >= 0.6 is 27.5 Å². The molecule has 0 unspecified atom stereocenters. The molecule has 1 saturated carbocycles. The van der Waals surface area contributed by atoms with Crippen LogP contribution in [0.5, 0.6) is 11.5 Å². The van der Waals surface area contributed by atoms with E-state index in [0.717, 1.165) is 12.5 Å². The van der Waals surface area contributed by atoms with Crippen molar-refractivity contribution in [1.29, 1.82) is 5.26 Å². The highest BCUT2D eigenvalue weighted by atomic mass is 79.9. The molecule has 1 aliphatic rings. The third kappa shape index (κ3) is 3.73. The van der Waals surface area contributed by atoms with Crippen molar-refractivity contribution in [3.8, 4) is 17.6 Å². The zero-order chi connectivity index (χ0) is 21.6.